The summed E-state index contributed by atoms with van der Waals surface area (Å²) in [6.45, 7) is 0.667. The first-order valence-electron chi connectivity index (χ1n) is 11.6. The molecule has 4 atom stereocenters. The minimum absolute atomic E-state index is 0.152. The lowest BCUT2D eigenvalue weighted by atomic mass is 10.1. The first-order chi connectivity index (χ1) is 17.2. The van der Waals surface area contributed by atoms with Crippen LogP contribution in [0.1, 0.15) is 0 Å². The summed E-state index contributed by atoms with van der Waals surface area (Å²) in [5.74, 6) is 0.502. The van der Waals surface area contributed by atoms with Crippen LogP contribution in [0, 0.1) is 0 Å². The van der Waals surface area contributed by atoms with Gasteiger partial charge in [-0.15, -0.1) is 0 Å². The highest BCUT2D eigenvalue weighted by Gasteiger charge is 2.49. The van der Waals surface area contributed by atoms with E-state index >= 15 is 0 Å². The summed E-state index contributed by atoms with van der Waals surface area (Å²) in [7, 11) is 0. The molecule has 35 heavy (non-hydrogen) atoms. The third kappa shape index (κ3) is 4.41. The van der Waals surface area contributed by atoms with Crippen LogP contribution in [-0.4, -0.2) is 53.6 Å². The number of ether oxygens (including phenoxy) is 3. The maximum atomic E-state index is 12.7. The van der Waals surface area contributed by atoms with Crippen LogP contribution in [0.5, 0.6) is 0 Å². The number of fused-ring (bicyclic) bond motifs is 2. The van der Waals surface area contributed by atoms with Crippen LogP contribution in [0.2, 0.25) is 0 Å². The SMILES string of the molecule is O=C(Nc1cccc2ccccc12)O[C@@H]1CO[C@H]2[C@@H]1OC[C@@H]2Nc1nccc(-c2ccccc2)n1. The lowest BCUT2D eigenvalue weighted by Gasteiger charge is -2.18. The van der Waals surface area contributed by atoms with E-state index in [1.165, 1.54) is 0 Å². The number of carbonyl (C=O) groups is 1. The first kappa shape index (κ1) is 21.5. The van der Waals surface area contributed by atoms with E-state index in [0.29, 0.717) is 18.2 Å². The Labute approximate surface area is 202 Å². The van der Waals surface area contributed by atoms with Gasteiger partial charge in [-0.05, 0) is 17.5 Å². The number of anilines is 2. The van der Waals surface area contributed by atoms with Crippen LogP contribution in [0.4, 0.5) is 16.4 Å². The molecule has 8 nitrogen and oxygen atoms in total. The highest BCUT2D eigenvalue weighted by molar-refractivity contribution is 6.00. The molecule has 2 saturated heterocycles. The molecule has 4 aromatic rings. The van der Waals surface area contributed by atoms with E-state index < -0.39 is 12.2 Å². The van der Waals surface area contributed by atoms with E-state index in [0.717, 1.165) is 22.0 Å². The van der Waals surface area contributed by atoms with Gasteiger partial charge in [0.1, 0.15) is 12.2 Å². The summed E-state index contributed by atoms with van der Waals surface area (Å²) in [5, 5.41) is 8.18. The molecule has 2 aliphatic heterocycles. The van der Waals surface area contributed by atoms with E-state index in [1.54, 1.807) is 6.20 Å². The summed E-state index contributed by atoms with van der Waals surface area (Å²) in [4.78, 5) is 21.6. The second kappa shape index (κ2) is 9.32. The van der Waals surface area contributed by atoms with Crippen molar-refractivity contribution in [2.45, 2.75) is 24.4 Å². The summed E-state index contributed by atoms with van der Waals surface area (Å²) in [6, 6.07) is 25.3. The number of carbonyl (C=O) groups excluding carboxylic acids is 1. The molecule has 3 heterocycles. The number of hydrogen-bond acceptors (Lipinski definition) is 7. The fraction of sp³-hybridized carbons (Fsp3) is 0.222. The lowest BCUT2D eigenvalue weighted by molar-refractivity contribution is 0.00917. The monoisotopic (exact) mass is 468 g/mol. The standard InChI is InChI=1S/C27H24N4O4/c32-27(31-21-12-6-10-17-7-4-5-11-19(17)21)35-23-16-34-24-22(15-33-25(23)24)30-26-28-14-13-20(29-26)18-8-2-1-3-9-18/h1-14,22-25H,15-16H2,(H,31,32)(H,28,29,30)/t22-,23+,24+,25+/m0/s1. The maximum Gasteiger partial charge on any atom is 0.412 e. The Morgan fingerprint density at radius 1 is 0.886 bits per heavy atom. The van der Waals surface area contributed by atoms with Gasteiger partial charge in [-0.2, -0.15) is 0 Å². The third-order valence-corrected chi connectivity index (χ3v) is 6.33. The highest BCUT2D eigenvalue weighted by Crippen LogP contribution is 2.31. The van der Waals surface area contributed by atoms with Gasteiger partial charge >= 0.3 is 6.09 Å². The molecular weight excluding hydrogens is 444 g/mol. The van der Waals surface area contributed by atoms with E-state index in [2.05, 4.69) is 20.6 Å². The van der Waals surface area contributed by atoms with Crippen molar-refractivity contribution in [3.8, 4) is 11.3 Å². The van der Waals surface area contributed by atoms with Crippen LogP contribution in [-0.2, 0) is 14.2 Å². The van der Waals surface area contributed by atoms with Crippen LogP contribution < -0.4 is 10.6 Å². The Morgan fingerprint density at radius 2 is 1.69 bits per heavy atom. The Bertz CT molecular complexity index is 1340. The van der Waals surface area contributed by atoms with E-state index in [9.17, 15) is 4.79 Å². The quantitative estimate of drug-likeness (QED) is 0.446. The zero-order valence-electron chi connectivity index (χ0n) is 18.8. The molecule has 1 amide bonds. The summed E-state index contributed by atoms with van der Waals surface area (Å²) >= 11 is 0. The fourth-order valence-electron chi connectivity index (χ4n) is 4.66. The van der Waals surface area contributed by atoms with Crippen LogP contribution in [0.15, 0.2) is 85.1 Å². The van der Waals surface area contributed by atoms with Crippen LogP contribution in [0.25, 0.3) is 22.0 Å². The average Bonchev–Trinajstić information content (AvgIpc) is 3.48. The molecule has 2 fully saturated rings. The molecule has 0 saturated carbocycles. The summed E-state index contributed by atoms with van der Waals surface area (Å²) in [5.41, 5.74) is 2.55. The Hall–Kier alpha value is -4.01. The lowest BCUT2D eigenvalue weighted by Crippen LogP contribution is -2.38. The number of rotatable bonds is 5. The van der Waals surface area contributed by atoms with Crippen molar-refractivity contribution in [2.75, 3.05) is 23.8 Å². The van der Waals surface area contributed by atoms with E-state index in [1.807, 2.05) is 78.9 Å². The second-order valence-electron chi connectivity index (χ2n) is 8.57. The van der Waals surface area contributed by atoms with Gasteiger partial charge in [0.2, 0.25) is 5.95 Å². The van der Waals surface area contributed by atoms with Crippen molar-refractivity contribution < 1.29 is 19.0 Å². The normalized spacial score (nSPS) is 23.1. The zero-order valence-corrected chi connectivity index (χ0v) is 18.8. The molecule has 8 heteroatoms. The number of benzene rings is 3. The molecule has 3 aromatic carbocycles. The van der Waals surface area contributed by atoms with Crippen LogP contribution >= 0.6 is 0 Å². The number of nitrogens with zero attached hydrogens (tertiary/aromatic N) is 2. The van der Waals surface area contributed by atoms with Gasteiger partial charge in [0.05, 0.1) is 30.6 Å². The smallest absolute Gasteiger partial charge is 0.412 e. The van der Waals surface area contributed by atoms with Gasteiger partial charge in [-0.1, -0.05) is 66.7 Å². The molecule has 1 aromatic heterocycles. The fourth-order valence-corrected chi connectivity index (χ4v) is 4.66. The summed E-state index contributed by atoms with van der Waals surface area (Å²) < 4.78 is 17.6. The Balaban J connectivity index is 1.09. The maximum absolute atomic E-state index is 12.7. The minimum Gasteiger partial charge on any atom is -0.441 e. The largest absolute Gasteiger partial charge is 0.441 e. The molecule has 2 aliphatic rings. The molecule has 0 unspecified atom stereocenters. The first-order valence-corrected chi connectivity index (χ1v) is 11.6. The van der Waals surface area contributed by atoms with Gasteiger partial charge in [0.25, 0.3) is 0 Å². The highest BCUT2D eigenvalue weighted by atomic mass is 16.6. The minimum atomic E-state index is -0.533. The summed E-state index contributed by atoms with van der Waals surface area (Å²) in [6.07, 6.45) is 0.0644. The molecule has 0 aliphatic carbocycles. The van der Waals surface area contributed by atoms with Gasteiger partial charge in [0.15, 0.2) is 6.10 Å². The molecule has 176 valence electrons. The molecule has 2 N–H and O–H groups in total. The van der Waals surface area contributed by atoms with Crippen molar-refractivity contribution in [2.24, 2.45) is 0 Å². The molecule has 6 rings (SSSR count). The Kier molecular flexibility index (Phi) is 5.73. The van der Waals surface area contributed by atoms with Crippen molar-refractivity contribution in [3.63, 3.8) is 0 Å². The van der Waals surface area contributed by atoms with Crippen molar-refractivity contribution in [1.29, 1.82) is 0 Å². The molecule has 0 bridgehead atoms. The van der Waals surface area contributed by atoms with Gasteiger partial charge < -0.3 is 19.5 Å². The second-order valence-corrected chi connectivity index (χ2v) is 8.57. The van der Waals surface area contributed by atoms with E-state index in [4.69, 9.17) is 14.2 Å². The van der Waals surface area contributed by atoms with Crippen molar-refractivity contribution in [3.05, 3.63) is 85.1 Å². The average molecular weight is 469 g/mol. The van der Waals surface area contributed by atoms with Gasteiger partial charge in [0, 0.05) is 17.1 Å². The number of amides is 1. The predicted octanol–water partition coefficient (Wildman–Crippen LogP) is 4.49. The van der Waals surface area contributed by atoms with Crippen LogP contribution in [0.3, 0.4) is 0 Å². The van der Waals surface area contributed by atoms with Gasteiger partial charge in [-0.25, -0.2) is 14.8 Å². The molecular formula is C27H24N4O4. The van der Waals surface area contributed by atoms with Gasteiger partial charge in [-0.3, -0.25) is 5.32 Å². The molecule has 0 radical (unpaired) electrons. The van der Waals surface area contributed by atoms with Crippen molar-refractivity contribution in [1.82, 2.24) is 9.97 Å². The third-order valence-electron chi connectivity index (χ3n) is 6.33. The Morgan fingerprint density at radius 3 is 2.60 bits per heavy atom. The number of hydrogen-bond donors (Lipinski definition) is 2. The predicted molar refractivity (Wildman–Crippen MR) is 132 cm³/mol. The zero-order chi connectivity index (χ0) is 23.6. The van der Waals surface area contributed by atoms with E-state index in [-0.39, 0.29) is 24.9 Å². The van der Waals surface area contributed by atoms with Crippen molar-refractivity contribution >= 4 is 28.5 Å². The topological polar surface area (TPSA) is 94.6 Å². The molecule has 0 spiro atoms. The number of nitrogens with one attached hydrogen (secondary N) is 2. The number of aromatic nitrogens is 2.